The molecule has 0 aliphatic heterocycles. The van der Waals surface area contributed by atoms with E-state index in [1.165, 1.54) is 0 Å². The largest absolute Gasteiger partial charge is 0.0771 e. The quantitative estimate of drug-likeness (QED) is 0.301. The molecule has 0 spiro atoms. The van der Waals surface area contributed by atoms with E-state index in [9.17, 15) is 0 Å². The van der Waals surface area contributed by atoms with E-state index in [1.54, 1.807) is 19.5 Å². The van der Waals surface area contributed by atoms with E-state index in [4.69, 9.17) is 0 Å². The summed E-state index contributed by atoms with van der Waals surface area (Å²) in [4.78, 5) is 0. The molecular weight excluding hydrogens is 96.3 g/mol. The lowest BCUT2D eigenvalue weighted by atomic mass is 11.9. The smallest absolute Gasteiger partial charge is 0.00214 e. The van der Waals surface area contributed by atoms with Crippen LogP contribution in [0.5, 0.6) is 0 Å². The third-order valence-corrected chi connectivity index (χ3v) is 0. The molecule has 0 amide bonds. The minimum absolute atomic E-state index is 0.139. The third kappa shape index (κ3) is 17.1. The van der Waals surface area contributed by atoms with E-state index in [0.717, 1.165) is 0 Å². The lowest BCUT2D eigenvalue weighted by molar-refractivity contribution is 2.34. The van der Waals surface area contributed by atoms with Gasteiger partial charge in [-0.05, 0) is 19.5 Å². The molecule has 0 saturated heterocycles. The van der Waals surface area contributed by atoms with Gasteiger partial charge in [0, 0.05) is 7.83 Å². The Labute approximate surface area is 34.6 Å². The number of hydrogen-bond donors (Lipinski definition) is 0. The first kappa shape index (κ1) is 4.65. The maximum absolute atomic E-state index is 2.43. The summed E-state index contributed by atoms with van der Waals surface area (Å²) in [6.45, 7) is 2.43. The van der Waals surface area contributed by atoms with Crippen LogP contribution in [0.4, 0.5) is 0 Å². The van der Waals surface area contributed by atoms with Crippen LogP contribution in [0.3, 0.4) is 0 Å². The molecule has 0 aromatic rings. The highest BCUT2D eigenvalue weighted by Crippen LogP contribution is 1.48. The third-order valence-electron chi connectivity index (χ3n) is 0. The Kier molecular flexibility index (Phi) is 2.24. The lowest BCUT2D eigenvalue weighted by Crippen LogP contribution is -2.03. The van der Waals surface area contributed by atoms with Crippen molar-refractivity contribution in [3.8, 4) is 0 Å². The first-order valence-electron chi connectivity index (χ1n) is 1.73. The molecule has 0 N–H and O–H groups in total. The van der Waals surface area contributed by atoms with Crippen LogP contribution < -0.4 is 0 Å². The van der Waals surface area contributed by atoms with Gasteiger partial charge in [0.2, 0.25) is 0 Å². The summed E-state index contributed by atoms with van der Waals surface area (Å²) in [6, 6.07) is 0. The molecule has 0 bridgehead atoms. The van der Waals surface area contributed by atoms with E-state index in [1.807, 2.05) is 0 Å². The van der Waals surface area contributed by atoms with Crippen LogP contribution in [0, 0.1) is 0 Å². The summed E-state index contributed by atoms with van der Waals surface area (Å²) in [5.41, 5.74) is 0. The molecule has 0 rings (SSSR count). The number of hydrogen-bond acceptors (Lipinski definition) is 0. The van der Waals surface area contributed by atoms with Gasteiger partial charge in [-0.3, -0.25) is 0 Å². The SMILES string of the molecule is C[SiH]([SiH3])[SiH3]. The molecule has 0 heterocycles. The van der Waals surface area contributed by atoms with Crippen LogP contribution in [0.2, 0.25) is 6.55 Å². The Hall–Kier alpha value is 0.651. The second-order valence-electron chi connectivity index (χ2n) is 1.73. The number of rotatable bonds is 0. The predicted octanol–water partition coefficient (Wildman–Crippen LogP) is -2.43. The molecule has 0 aromatic carbocycles. The van der Waals surface area contributed by atoms with Crippen molar-refractivity contribution in [2.75, 3.05) is 0 Å². The van der Waals surface area contributed by atoms with Gasteiger partial charge in [0.05, 0.1) is 0 Å². The van der Waals surface area contributed by atoms with Crippen LogP contribution >= 0.6 is 0 Å². The molecule has 26 valence electrons. The zero-order chi connectivity index (χ0) is 3.58. The normalized spacial score (nSPS) is 17.2. The van der Waals surface area contributed by atoms with Crippen molar-refractivity contribution in [2.45, 2.75) is 6.55 Å². The van der Waals surface area contributed by atoms with E-state index >= 15 is 0 Å². The molecule has 4 heavy (non-hydrogen) atoms. The Balaban J connectivity index is 2.32. The molecule has 0 radical (unpaired) electrons. The molecule has 0 saturated carbocycles. The van der Waals surface area contributed by atoms with Crippen LogP contribution in [-0.2, 0) is 0 Å². The second kappa shape index (κ2) is 1.92. The second-order valence-corrected chi connectivity index (χ2v) is 26.0. The van der Waals surface area contributed by atoms with Gasteiger partial charge < -0.3 is 0 Å². The lowest BCUT2D eigenvalue weighted by Gasteiger charge is -1.75. The topological polar surface area (TPSA) is 0 Å². The maximum Gasteiger partial charge on any atom is 0.00214 e. The van der Waals surface area contributed by atoms with Crippen LogP contribution in [0.15, 0.2) is 0 Å². The zero-order valence-corrected chi connectivity index (χ0v) is 8.73. The fourth-order valence-corrected chi connectivity index (χ4v) is 0. The summed E-state index contributed by atoms with van der Waals surface area (Å²) < 4.78 is 0. The Morgan fingerprint density at radius 3 is 1.50 bits per heavy atom. The maximum atomic E-state index is 2.43. The standard InChI is InChI=1S/CH10Si3/c1-4(2)3/h4H,1-3H3. The molecule has 0 unspecified atom stereocenters. The Morgan fingerprint density at radius 2 is 1.50 bits per heavy atom. The van der Waals surface area contributed by atoms with Gasteiger partial charge in [-0.2, -0.15) is 0 Å². The fourth-order valence-electron chi connectivity index (χ4n) is 0. The van der Waals surface area contributed by atoms with Crippen LogP contribution in [0.25, 0.3) is 0 Å². The van der Waals surface area contributed by atoms with E-state index in [2.05, 4.69) is 6.55 Å². The molecule has 0 aliphatic carbocycles. The highest BCUT2D eigenvalue weighted by Gasteiger charge is 1.72. The molecule has 0 fully saturated rings. The van der Waals surface area contributed by atoms with Gasteiger partial charge in [0.15, 0.2) is 0 Å². The summed E-state index contributed by atoms with van der Waals surface area (Å²) in [7, 11) is 3.24. The van der Waals surface area contributed by atoms with Gasteiger partial charge in [-0.1, -0.05) is 6.55 Å². The predicted molar refractivity (Wildman–Crippen MR) is 32.9 cm³/mol. The highest BCUT2D eigenvalue weighted by molar-refractivity contribution is 7.28. The summed E-state index contributed by atoms with van der Waals surface area (Å²) in [6.07, 6.45) is 0. The zero-order valence-electron chi connectivity index (χ0n) is 3.58. The summed E-state index contributed by atoms with van der Waals surface area (Å²) in [5, 5.41) is 0. The molecule has 0 aromatic heterocycles. The van der Waals surface area contributed by atoms with Gasteiger partial charge >= 0.3 is 0 Å². The van der Waals surface area contributed by atoms with Crippen molar-refractivity contribution in [1.82, 2.24) is 0 Å². The van der Waals surface area contributed by atoms with Crippen LogP contribution in [0.1, 0.15) is 0 Å². The minimum Gasteiger partial charge on any atom is -0.0771 e. The van der Waals surface area contributed by atoms with Crippen molar-refractivity contribution in [2.24, 2.45) is 0 Å². The monoisotopic (exact) mass is 106 g/mol. The highest BCUT2D eigenvalue weighted by atomic mass is 29.5. The summed E-state index contributed by atoms with van der Waals surface area (Å²) >= 11 is 0. The Morgan fingerprint density at radius 1 is 1.50 bits per heavy atom. The van der Waals surface area contributed by atoms with Crippen molar-refractivity contribution in [3.05, 3.63) is 0 Å². The first-order valence-corrected chi connectivity index (χ1v) is 12.1. The first-order chi connectivity index (χ1) is 1.73. The molecule has 0 nitrogen and oxygen atoms in total. The van der Waals surface area contributed by atoms with Crippen molar-refractivity contribution >= 4 is 27.4 Å². The van der Waals surface area contributed by atoms with Crippen LogP contribution in [-0.4, -0.2) is 27.4 Å². The average Bonchev–Trinajstić information content (AvgIpc) is 0.811. The molecular formula is CH10Si3. The Bertz CT molecular complexity index is 8.00. The van der Waals surface area contributed by atoms with Crippen molar-refractivity contribution in [1.29, 1.82) is 0 Å². The van der Waals surface area contributed by atoms with Gasteiger partial charge in [0.25, 0.3) is 0 Å². The molecule has 0 atom stereocenters. The summed E-state index contributed by atoms with van der Waals surface area (Å²) in [5.74, 6) is 0. The van der Waals surface area contributed by atoms with Crippen molar-refractivity contribution < 1.29 is 0 Å². The molecule has 0 aliphatic rings. The van der Waals surface area contributed by atoms with E-state index in [0.29, 0.717) is 0 Å². The van der Waals surface area contributed by atoms with E-state index < -0.39 is 0 Å². The van der Waals surface area contributed by atoms with Crippen molar-refractivity contribution in [3.63, 3.8) is 0 Å². The van der Waals surface area contributed by atoms with E-state index in [-0.39, 0.29) is 7.83 Å². The average molecular weight is 106 g/mol. The van der Waals surface area contributed by atoms with Gasteiger partial charge in [0.1, 0.15) is 0 Å². The minimum atomic E-state index is 0.139. The van der Waals surface area contributed by atoms with Gasteiger partial charge in [-0.25, -0.2) is 0 Å². The molecule has 3 heteroatoms. The van der Waals surface area contributed by atoms with Gasteiger partial charge in [-0.15, -0.1) is 0 Å². The fraction of sp³-hybridized carbons (Fsp3) is 1.00.